The van der Waals surface area contributed by atoms with Crippen LogP contribution >= 0.6 is 0 Å². The highest BCUT2D eigenvalue weighted by atomic mass is 16.5. The minimum atomic E-state index is -0.394. The molecule has 0 aromatic carbocycles. The molecule has 1 atom stereocenters. The summed E-state index contributed by atoms with van der Waals surface area (Å²) in [4.78, 5) is 16.5. The predicted octanol–water partition coefficient (Wildman–Crippen LogP) is 0.613. The first kappa shape index (κ1) is 15.1. The molecule has 9 nitrogen and oxygen atoms in total. The first-order chi connectivity index (χ1) is 11.7. The molecule has 1 unspecified atom stereocenters. The molecule has 2 saturated heterocycles. The van der Waals surface area contributed by atoms with Gasteiger partial charge < -0.3 is 19.0 Å². The van der Waals surface area contributed by atoms with Gasteiger partial charge in [-0.1, -0.05) is 5.10 Å². The lowest BCUT2D eigenvalue weighted by molar-refractivity contribution is -0.105. The van der Waals surface area contributed by atoms with Crippen LogP contribution in [0.15, 0.2) is 16.7 Å². The zero-order valence-electron chi connectivity index (χ0n) is 13.6. The standard InChI is InChI=1S/C15H20N6O3/c1-11-17-19-14(24-11)21-6-2-4-15(10-21)9-20(7-8-23-15)13(22)12-3-5-16-18-12/h3,5H,2,4,6-10H2,1H3,(H,16,18). The molecule has 2 aliphatic heterocycles. The highest BCUT2D eigenvalue weighted by molar-refractivity contribution is 5.92. The number of nitrogens with zero attached hydrogens (tertiary/aromatic N) is 5. The van der Waals surface area contributed by atoms with Crippen LogP contribution in [-0.2, 0) is 4.74 Å². The molecule has 2 aromatic rings. The van der Waals surface area contributed by atoms with E-state index in [0.717, 1.165) is 19.4 Å². The molecule has 1 amide bonds. The van der Waals surface area contributed by atoms with Crippen LogP contribution in [0, 0.1) is 6.92 Å². The molecule has 128 valence electrons. The molecule has 4 heterocycles. The Morgan fingerprint density at radius 3 is 3.00 bits per heavy atom. The number of aromatic nitrogens is 4. The summed E-state index contributed by atoms with van der Waals surface area (Å²) >= 11 is 0. The predicted molar refractivity (Wildman–Crippen MR) is 83.7 cm³/mol. The van der Waals surface area contributed by atoms with E-state index in [2.05, 4.69) is 20.4 Å². The first-order valence-electron chi connectivity index (χ1n) is 8.13. The Labute approximate surface area is 139 Å². The minimum absolute atomic E-state index is 0.0408. The van der Waals surface area contributed by atoms with Gasteiger partial charge in [0.15, 0.2) is 0 Å². The van der Waals surface area contributed by atoms with E-state index >= 15 is 0 Å². The van der Waals surface area contributed by atoms with E-state index in [9.17, 15) is 4.79 Å². The fraction of sp³-hybridized carbons (Fsp3) is 0.600. The lowest BCUT2D eigenvalue weighted by atomic mass is 9.90. The molecule has 24 heavy (non-hydrogen) atoms. The lowest BCUT2D eigenvalue weighted by Gasteiger charge is -2.47. The Hall–Kier alpha value is -2.42. The van der Waals surface area contributed by atoms with Gasteiger partial charge in [-0.15, -0.1) is 5.10 Å². The topological polar surface area (TPSA) is 100 Å². The van der Waals surface area contributed by atoms with Gasteiger partial charge in [0.25, 0.3) is 5.91 Å². The molecule has 9 heteroatoms. The van der Waals surface area contributed by atoms with Crippen molar-refractivity contribution in [2.75, 3.05) is 37.7 Å². The van der Waals surface area contributed by atoms with Crippen molar-refractivity contribution in [2.45, 2.75) is 25.4 Å². The van der Waals surface area contributed by atoms with Gasteiger partial charge in [-0.25, -0.2) is 0 Å². The maximum Gasteiger partial charge on any atom is 0.318 e. The molecule has 0 saturated carbocycles. The molecule has 2 aliphatic rings. The van der Waals surface area contributed by atoms with Gasteiger partial charge in [-0.3, -0.25) is 9.89 Å². The van der Waals surface area contributed by atoms with Gasteiger partial charge in [0.2, 0.25) is 5.89 Å². The minimum Gasteiger partial charge on any atom is -0.408 e. The highest BCUT2D eigenvalue weighted by Gasteiger charge is 2.43. The first-order valence-corrected chi connectivity index (χ1v) is 8.13. The van der Waals surface area contributed by atoms with E-state index in [4.69, 9.17) is 9.15 Å². The van der Waals surface area contributed by atoms with Crippen LogP contribution in [-0.4, -0.2) is 69.6 Å². The fourth-order valence-corrected chi connectivity index (χ4v) is 3.49. The number of hydrogen-bond acceptors (Lipinski definition) is 7. The van der Waals surface area contributed by atoms with Gasteiger partial charge in [0.05, 0.1) is 19.7 Å². The summed E-state index contributed by atoms with van der Waals surface area (Å²) in [6.07, 6.45) is 3.45. The van der Waals surface area contributed by atoms with Crippen molar-refractivity contribution >= 4 is 11.9 Å². The monoisotopic (exact) mass is 332 g/mol. The second-order valence-electron chi connectivity index (χ2n) is 6.36. The molecule has 4 rings (SSSR count). The molecular weight excluding hydrogens is 312 g/mol. The molecule has 1 N–H and O–H groups in total. The summed E-state index contributed by atoms with van der Waals surface area (Å²) in [5, 5.41) is 14.6. The number of rotatable bonds is 2. The Kier molecular flexibility index (Phi) is 3.72. The lowest BCUT2D eigenvalue weighted by Crippen LogP contribution is -2.61. The van der Waals surface area contributed by atoms with Crippen LogP contribution < -0.4 is 4.90 Å². The van der Waals surface area contributed by atoms with Gasteiger partial charge in [0, 0.05) is 26.2 Å². The number of nitrogens with one attached hydrogen (secondary N) is 1. The third kappa shape index (κ3) is 2.75. The maximum atomic E-state index is 12.6. The van der Waals surface area contributed by atoms with Gasteiger partial charge in [-0.05, 0) is 18.9 Å². The summed E-state index contributed by atoms with van der Waals surface area (Å²) < 4.78 is 11.7. The SMILES string of the molecule is Cc1nnc(N2CCCC3(CN(C(=O)c4ccn[nH]4)CCO3)C2)o1. The van der Waals surface area contributed by atoms with Gasteiger partial charge in [-0.2, -0.15) is 5.10 Å². The number of carbonyl (C=O) groups excluding carboxylic acids is 1. The highest BCUT2D eigenvalue weighted by Crippen LogP contribution is 2.31. The summed E-state index contributed by atoms with van der Waals surface area (Å²) in [6, 6.07) is 2.21. The molecule has 0 radical (unpaired) electrons. The number of hydrogen-bond donors (Lipinski definition) is 1. The average Bonchev–Trinajstić information content (AvgIpc) is 3.26. The van der Waals surface area contributed by atoms with Crippen LogP contribution in [0.5, 0.6) is 0 Å². The van der Waals surface area contributed by atoms with E-state index in [0.29, 0.717) is 43.8 Å². The number of piperidine rings is 1. The van der Waals surface area contributed by atoms with E-state index in [1.165, 1.54) is 0 Å². The zero-order chi connectivity index (χ0) is 16.6. The second kappa shape index (κ2) is 5.90. The van der Waals surface area contributed by atoms with E-state index in [1.807, 2.05) is 9.80 Å². The van der Waals surface area contributed by atoms with Crippen molar-refractivity contribution in [3.05, 3.63) is 23.8 Å². The largest absolute Gasteiger partial charge is 0.408 e. The van der Waals surface area contributed by atoms with Crippen molar-refractivity contribution in [1.82, 2.24) is 25.3 Å². The average molecular weight is 332 g/mol. The van der Waals surface area contributed by atoms with Crippen molar-refractivity contribution in [3.63, 3.8) is 0 Å². The van der Waals surface area contributed by atoms with Crippen molar-refractivity contribution in [3.8, 4) is 0 Å². The number of aryl methyl sites for hydroxylation is 1. The Morgan fingerprint density at radius 1 is 1.33 bits per heavy atom. The molecule has 2 fully saturated rings. The van der Waals surface area contributed by atoms with Crippen LogP contribution in [0.4, 0.5) is 6.01 Å². The summed E-state index contributed by atoms with van der Waals surface area (Å²) in [6.45, 7) is 4.92. The van der Waals surface area contributed by atoms with Crippen molar-refractivity contribution < 1.29 is 13.9 Å². The van der Waals surface area contributed by atoms with Gasteiger partial charge >= 0.3 is 6.01 Å². The second-order valence-corrected chi connectivity index (χ2v) is 6.36. The molecule has 2 aromatic heterocycles. The normalized spacial score (nSPS) is 24.5. The number of morpholine rings is 1. The van der Waals surface area contributed by atoms with Crippen LogP contribution in [0.2, 0.25) is 0 Å². The summed E-state index contributed by atoms with van der Waals surface area (Å²) in [5.74, 6) is 0.506. The van der Waals surface area contributed by atoms with Crippen LogP contribution in [0.25, 0.3) is 0 Å². The Bertz CT molecular complexity index is 711. The summed E-state index contributed by atoms with van der Waals surface area (Å²) in [7, 11) is 0. The van der Waals surface area contributed by atoms with E-state index in [-0.39, 0.29) is 5.91 Å². The fourth-order valence-electron chi connectivity index (χ4n) is 3.49. The number of ether oxygens (including phenoxy) is 1. The van der Waals surface area contributed by atoms with Crippen molar-refractivity contribution in [2.24, 2.45) is 0 Å². The third-order valence-electron chi connectivity index (χ3n) is 4.59. The number of carbonyl (C=O) groups is 1. The molecule has 1 spiro atoms. The van der Waals surface area contributed by atoms with E-state index in [1.54, 1.807) is 19.2 Å². The third-order valence-corrected chi connectivity index (χ3v) is 4.59. The number of amides is 1. The summed E-state index contributed by atoms with van der Waals surface area (Å²) in [5.41, 5.74) is 0.112. The molecular formula is C15H20N6O3. The quantitative estimate of drug-likeness (QED) is 0.860. The van der Waals surface area contributed by atoms with E-state index < -0.39 is 5.60 Å². The smallest absolute Gasteiger partial charge is 0.318 e. The molecule has 0 bridgehead atoms. The number of H-pyrrole nitrogens is 1. The van der Waals surface area contributed by atoms with Crippen LogP contribution in [0.1, 0.15) is 29.2 Å². The van der Waals surface area contributed by atoms with Crippen molar-refractivity contribution in [1.29, 1.82) is 0 Å². The maximum absolute atomic E-state index is 12.6. The number of aromatic amines is 1. The van der Waals surface area contributed by atoms with Gasteiger partial charge in [0.1, 0.15) is 11.3 Å². The Balaban J connectivity index is 1.50. The van der Waals surface area contributed by atoms with Crippen LogP contribution in [0.3, 0.4) is 0 Å². The number of anilines is 1. The zero-order valence-corrected chi connectivity index (χ0v) is 13.6. The Morgan fingerprint density at radius 2 is 2.25 bits per heavy atom. The molecule has 0 aliphatic carbocycles.